The summed E-state index contributed by atoms with van der Waals surface area (Å²) in [6.07, 6.45) is 0. The molecule has 3 unspecified atom stereocenters. The number of hydrogen-bond acceptors (Lipinski definition) is 7. The Hall–Kier alpha value is -2.93. The fourth-order valence-corrected chi connectivity index (χ4v) is 4.06. The van der Waals surface area contributed by atoms with Gasteiger partial charge in [-0.1, -0.05) is 12.1 Å². The van der Waals surface area contributed by atoms with E-state index in [-0.39, 0.29) is 25.3 Å². The maximum atomic E-state index is 12.7. The molecular formula is C20H18O7. The van der Waals surface area contributed by atoms with Gasteiger partial charge >= 0.3 is 5.97 Å². The summed E-state index contributed by atoms with van der Waals surface area (Å²) in [5, 5.41) is 0. The SMILES string of the molecule is COc1ccc(C2c3cc4c(cc3OC3(OC)COC(=O)C23)OCO4)cc1. The Kier molecular flexibility index (Phi) is 3.48. The predicted octanol–water partition coefficient (Wildman–Crippen LogP) is 2.46. The van der Waals surface area contributed by atoms with Crippen LogP contribution in [0.15, 0.2) is 36.4 Å². The second-order valence-corrected chi connectivity index (χ2v) is 6.70. The minimum absolute atomic E-state index is 0.0353. The van der Waals surface area contributed by atoms with Crippen molar-refractivity contribution >= 4 is 5.97 Å². The van der Waals surface area contributed by atoms with E-state index in [1.165, 1.54) is 7.11 Å². The molecule has 3 atom stereocenters. The van der Waals surface area contributed by atoms with Crippen molar-refractivity contribution in [1.82, 2.24) is 0 Å². The first-order valence-corrected chi connectivity index (χ1v) is 8.63. The van der Waals surface area contributed by atoms with Gasteiger partial charge in [0.05, 0.1) is 7.11 Å². The molecule has 0 N–H and O–H groups in total. The largest absolute Gasteiger partial charge is 0.497 e. The minimum atomic E-state index is -1.18. The minimum Gasteiger partial charge on any atom is -0.497 e. The lowest BCUT2D eigenvalue weighted by Gasteiger charge is -2.40. The number of cyclic esters (lactones) is 1. The smallest absolute Gasteiger partial charge is 0.317 e. The lowest BCUT2D eigenvalue weighted by molar-refractivity contribution is -0.195. The monoisotopic (exact) mass is 370 g/mol. The Morgan fingerprint density at radius 3 is 2.44 bits per heavy atom. The van der Waals surface area contributed by atoms with Crippen LogP contribution in [0.1, 0.15) is 17.0 Å². The molecule has 0 saturated carbocycles. The van der Waals surface area contributed by atoms with Crippen LogP contribution in [0.2, 0.25) is 0 Å². The Bertz CT molecular complexity index is 907. The van der Waals surface area contributed by atoms with E-state index in [9.17, 15) is 4.79 Å². The summed E-state index contributed by atoms with van der Waals surface area (Å²) in [4.78, 5) is 12.7. The van der Waals surface area contributed by atoms with E-state index >= 15 is 0 Å². The molecule has 0 aliphatic carbocycles. The number of carbonyl (C=O) groups is 1. The molecule has 1 saturated heterocycles. The van der Waals surface area contributed by atoms with Crippen molar-refractivity contribution in [2.75, 3.05) is 27.6 Å². The molecule has 0 spiro atoms. The molecule has 1 fully saturated rings. The van der Waals surface area contributed by atoms with Crippen molar-refractivity contribution in [3.63, 3.8) is 0 Å². The van der Waals surface area contributed by atoms with Gasteiger partial charge in [-0.25, -0.2) is 0 Å². The van der Waals surface area contributed by atoms with Gasteiger partial charge in [0.2, 0.25) is 6.79 Å². The third kappa shape index (κ3) is 2.28. The van der Waals surface area contributed by atoms with Gasteiger partial charge < -0.3 is 28.4 Å². The fourth-order valence-electron chi connectivity index (χ4n) is 4.06. The van der Waals surface area contributed by atoms with Gasteiger partial charge in [0.1, 0.15) is 17.4 Å². The van der Waals surface area contributed by atoms with Crippen LogP contribution in [0.25, 0.3) is 0 Å². The molecule has 3 heterocycles. The van der Waals surface area contributed by atoms with Gasteiger partial charge in [-0.3, -0.25) is 4.79 Å². The Morgan fingerprint density at radius 2 is 1.74 bits per heavy atom. The first-order valence-electron chi connectivity index (χ1n) is 8.63. The zero-order valence-corrected chi connectivity index (χ0v) is 14.9. The highest BCUT2D eigenvalue weighted by atomic mass is 16.7. The van der Waals surface area contributed by atoms with Crippen LogP contribution in [0, 0.1) is 5.92 Å². The second-order valence-electron chi connectivity index (χ2n) is 6.70. The molecule has 0 amide bonds. The first-order chi connectivity index (χ1) is 13.1. The van der Waals surface area contributed by atoms with Crippen LogP contribution < -0.4 is 18.9 Å². The van der Waals surface area contributed by atoms with Crippen molar-refractivity contribution in [3.8, 4) is 23.0 Å². The molecular weight excluding hydrogens is 352 g/mol. The van der Waals surface area contributed by atoms with E-state index in [1.54, 1.807) is 13.2 Å². The summed E-state index contributed by atoms with van der Waals surface area (Å²) in [6, 6.07) is 11.3. The quantitative estimate of drug-likeness (QED) is 0.769. The Morgan fingerprint density at radius 1 is 1.00 bits per heavy atom. The number of ether oxygens (including phenoxy) is 6. The number of hydrogen-bond donors (Lipinski definition) is 0. The number of benzene rings is 2. The second kappa shape index (κ2) is 5.79. The summed E-state index contributed by atoms with van der Waals surface area (Å²) in [6.45, 7) is 0.194. The normalized spacial score (nSPS) is 27.4. The Balaban J connectivity index is 1.71. The van der Waals surface area contributed by atoms with Crippen LogP contribution in [-0.2, 0) is 14.3 Å². The average molecular weight is 370 g/mol. The molecule has 3 aliphatic rings. The molecule has 2 aromatic carbocycles. The summed E-state index contributed by atoms with van der Waals surface area (Å²) in [5.41, 5.74) is 1.77. The van der Waals surface area contributed by atoms with E-state index in [0.29, 0.717) is 17.2 Å². The number of rotatable bonds is 3. The topological polar surface area (TPSA) is 72.5 Å². The van der Waals surface area contributed by atoms with Crippen LogP contribution in [-0.4, -0.2) is 39.4 Å². The summed E-state index contributed by atoms with van der Waals surface area (Å²) in [7, 11) is 3.14. The lowest BCUT2D eigenvalue weighted by atomic mass is 9.75. The lowest BCUT2D eigenvalue weighted by Crippen LogP contribution is -2.51. The van der Waals surface area contributed by atoms with Crippen molar-refractivity contribution in [2.24, 2.45) is 5.92 Å². The predicted molar refractivity (Wildman–Crippen MR) is 92.2 cm³/mol. The van der Waals surface area contributed by atoms with Gasteiger partial charge in [-0.05, 0) is 23.8 Å². The molecule has 2 aromatic rings. The molecule has 0 bridgehead atoms. The highest BCUT2D eigenvalue weighted by molar-refractivity contribution is 5.79. The summed E-state index contributed by atoms with van der Waals surface area (Å²) >= 11 is 0. The molecule has 140 valence electrons. The molecule has 3 aliphatic heterocycles. The Labute approximate surface area is 155 Å². The summed E-state index contributed by atoms with van der Waals surface area (Å²) in [5.74, 6) is 0.0981. The molecule has 7 nitrogen and oxygen atoms in total. The first kappa shape index (κ1) is 16.3. The van der Waals surface area contributed by atoms with Crippen LogP contribution in [0.4, 0.5) is 0 Å². The number of esters is 1. The maximum absolute atomic E-state index is 12.7. The molecule has 0 aromatic heterocycles. The van der Waals surface area contributed by atoms with Crippen molar-refractivity contribution in [1.29, 1.82) is 0 Å². The molecule has 7 heteroatoms. The molecule has 27 heavy (non-hydrogen) atoms. The summed E-state index contributed by atoms with van der Waals surface area (Å²) < 4.78 is 33.4. The van der Waals surface area contributed by atoms with Gasteiger partial charge in [0.15, 0.2) is 18.1 Å². The maximum Gasteiger partial charge on any atom is 0.317 e. The molecule has 0 radical (unpaired) electrons. The van der Waals surface area contributed by atoms with Gasteiger partial charge in [-0.2, -0.15) is 0 Å². The average Bonchev–Trinajstić information content (AvgIpc) is 3.29. The number of methoxy groups -OCH3 is 2. The standard InChI is InChI=1S/C20H18O7/c1-22-12-5-3-11(4-6-12)17-13-7-15-16(26-10-25-15)8-14(13)27-20(23-2)9-24-19(21)18(17)20/h3-8,17-18H,9-10H2,1-2H3. The van der Waals surface area contributed by atoms with Crippen molar-refractivity contribution in [2.45, 2.75) is 11.7 Å². The third-order valence-electron chi connectivity index (χ3n) is 5.42. The highest BCUT2D eigenvalue weighted by Crippen LogP contribution is 2.54. The van der Waals surface area contributed by atoms with Crippen LogP contribution in [0.3, 0.4) is 0 Å². The van der Waals surface area contributed by atoms with Gasteiger partial charge in [0, 0.05) is 24.7 Å². The van der Waals surface area contributed by atoms with E-state index in [2.05, 4.69) is 0 Å². The highest BCUT2D eigenvalue weighted by Gasteiger charge is 2.61. The van der Waals surface area contributed by atoms with Gasteiger partial charge in [-0.15, -0.1) is 0 Å². The zero-order chi connectivity index (χ0) is 18.6. The fraction of sp³-hybridized carbons (Fsp3) is 0.350. The third-order valence-corrected chi connectivity index (χ3v) is 5.42. The van der Waals surface area contributed by atoms with Crippen LogP contribution >= 0.6 is 0 Å². The van der Waals surface area contributed by atoms with Crippen LogP contribution in [0.5, 0.6) is 23.0 Å². The van der Waals surface area contributed by atoms with E-state index in [4.69, 9.17) is 28.4 Å². The van der Waals surface area contributed by atoms with Gasteiger partial charge in [0.25, 0.3) is 5.79 Å². The van der Waals surface area contributed by atoms with E-state index < -0.39 is 11.7 Å². The van der Waals surface area contributed by atoms with E-state index in [0.717, 1.165) is 16.9 Å². The van der Waals surface area contributed by atoms with E-state index in [1.807, 2.05) is 30.3 Å². The van der Waals surface area contributed by atoms with Crippen molar-refractivity contribution < 1.29 is 33.2 Å². The number of carbonyl (C=O) groups excluding carboxylic acids is 1. The molecule has 5 rings (SSSR count). The van der Waals surface area contributed by atoms with Crippen molar-refractivity contribution in [3.05, 3.63) is 47.5 Å². The zero-order valence-electron chi connectivity index (χ0n) is 14.9. The number of fused-ring (bicyclic) bond motifs is 3.